The van der Waals surface area contributed by atoms with Gasteiger partial charge in [-0.3, -0.25) is 0 Å². The number of nitrogens with one attached hydrogen (secondary N) is 1. The van der Waals surface area contributed by atoms with Crippen molar-refractivity contribution in [3.63, 3.8) is 0 Å². The molecule has 0 bridgehead atoms. The van der Waals surface area contributed by atoms with Gasteiger partial charge in [0.05, 0.1) is 7.11 Å². The number of methoxy groups -OCH3 is 1. The van der Waals surface area contributed by atoms with Crippen LogP contribution in [0, 0.1) is 11.8 Å². The van der Waals surface area contributed by atoms with Crippen LogP contribution in [0.2, 0.25) is 0 Å². The molecule has 1 aliphatic heterocycles. The number of hydrogen-bond donors (Lipinski definition) is 1. The maximum absolute atomic E-state index is 5.59. The lowest BCUT2D eigenvalue weighted by molar-refractivity contribution is 0.354. The molecule has 3 unspecified atom stereocenters. The van der Waals surface area contributed by atoms with Gasteiger partial charge in [-0.15, -0.1) is 0 Å². The van der Waals surface area contributed by atoms with Crippen molar-refractivity contribution < 1.29 is 4.74 Å². The van der Waals surface area contributed by atoms with Crippen LogP contribution in [0.3, 0.4) is 0 Å². The Morgan fingerprint density at radius 2 is 1.90 bits per heavy atom. The molecule has 0 aliphatic carbocycles. The zero-order valence-electron chi connectivity index (χ0n) is 13.4. The number of piperidine rings is 1. The van der Waals surface area contributed by atoms with Gasteiger partial charge in [-0.1, -0.05) is 19.9 Å². The van der Waals surface area contributed by atoms with Gasteiger partial charge in [0.1, 0.15) is 5.75 Å². The lowest BCUT2D eigenvalue weighted by Crippen LogP contribution is -2.39. The smallest absolute Gasteiger partial charge is 0.125 e. The van der Waals surface area contributed by atoms with E-state index in [1.807, 2.05) is 7.05 Å². The normalized spacial score (nSPS) is 24.6. The summed E-state index contributed by atoms with van der Waals surface area (Å²) < 4.78 is 5.59. The van der Waals surface area contributed by atoms with Crippen LogP contribution in [-0.4, -0.2) is 27.2 Å². The van der Waals surface area contributed by atoms with E-state index in [0.29, 0.717) is 0 Å². The number of anilines is 1. The van der Waals surface area contributed by atoms with Crippen LogP contribution >= 0.6 is 0 Å². The van der Waals surface area contributed by atoms with Crippen molar-refractivity contribution in [1.82, 2.24) is 5.32 Å². The molecule has 1 saturated heterocycles. The number of nitrogens with zero attached hydrogens (tertiary/aromatic N) is 1. The second-order valence-electron chi connectivity index (χ2n) is 6.25. The molecule has 1 aromatic carbocycles. The highest BCUT2D eigenvalue weighted by Gasteiger charge is 2.25. The number of benzene rings is 1. The molecule has 0 spiro atoms. The average Bonchev–Trinajstić information content (AvgIpc) is 2.44. The Kier molecular flexibility index (Phi) is 4.92. The summed E-state index contributed by atoms with van der Waals surface area (Å²) in [6.07, 6.45) is 1.33. The van der Waals surface area contributed by atoms with Crippen molar-refractivity contribution in [3.8, 4) is 5.75 Å². The third-order valence-electron chi connectivity index (χ3n) is 4.34. The fraction of sp³-hybridized carbons (Fsp3) is 0.647. The summed E-state index contributed by atoms with van der Waals surface area (Å²) >= 11 is 0. The number of hydrogen-bond acceptors (Lipinski definition) is 3. The van der Waals surface area contributed by atoms with Crippen LogP contribution < -0.4 is 15.0 Å². The number of rotatable bonds is 4. The number of ether oxygens (including phenoxy) is 1. The molecule has 0 aromatic heterocycles. The molecule has 3 nitrogen and oxygen atoms in total. The third kappa shape index (κ3) is 3.09. The lowest BCUT2D eigenvalue weighted by Gasteiger charge is -2.38. The quantitative estimate of drug-likeness (QED) is 0.911. The Balaban J connectivity index is 2.39. The predicted molar refractivity (Wildman–Crippen MR) is 85.6 cm³/mol. The molecule has 2 rings (SSSR count). The van der Waals surface area contributed by atoms with E-state index in [1.54, 1.807) is 7.11 Å². The SMILES string of the molecule is CNC(C)c1c(OC)cccc1N1CC(C)CC(C)C1. The van der Waals surface area contributed by atoms with Crippen molar-refractivity contribution >= 4 is 5.69 Å². The van der Waals surface area contributed by atoms with Gasteiger partial charge in [0.15, 0.2) is 0 Å². The Morgan fingerprint density at radius 3 is 2.45 bits per heavy atom. The summed E-state index contributed by atoms with van der Waals surface area (Å²) in [5.74, 6) is 2.49. The first-order chi connectivity index (χ1) is 9.56. The van der Waals surface area contributed by atoms with Crippen LogP contribution in [0.1, 0.15) is 38.8 Å². The summed E-state index contributed by atoms with van der Waals surface area (Å²) in [5, 5.41) is 3.35. The topological polar surface area (TPSA) is 24.5 Å². The minimum Gasteiger partial charge on any atom is -0.496 e. The van der Waals surface area contributed by atoms with Crippen LogP contribution in [-0.2, 0) is 0 Å². The van der Waals surface area contributed by atoms with E-state index in [2.05, 4.69) is 49.2 Å². The first kappa shape index (κ1) is 15.2. The molecule has 0 amide bonds. The van der Waals surface area contributed by atoms with Gasteiger partial charge in [-0.2, -0.15) is 0 Å². The van der Waals surface area contributed by atoms with Gasteiger partial charge < -0.3 is 15.0 Å². The Labute approximate surface area is 123 Å². The van der Waals surface area contributed by atoms with Crippen molar-refractivity contribution in [2.24, 2.45) is 11.8 Å². The van der Waals surface area contributed by atoms with E-state index in [1.165, 1.54) is 17.7 Å². The summed E-state index contributed by atoms with van der Waals surface area (Å²) in [4.78, 5) is 2.53. The fourth-order valence-corrected chi connectivity index (χ4v) is 3.43. The van der Waals surface area contributed by atoms with Crippen LogP contribution in [0.15, 0.2) is 18.2 Å². The second-order valence-corrected chi connectivity index (χ2v) is 6.25. The lowest BCUT2D eigenvalue weighted by atomic mass is 9.90. The van der Waals surface area contributed by atoms with Crippen LogP contribution in [0.5, 0.6) is 5.75 Å². The average molecular weight is 276 g/mol. The fourth-order valence-electron chi connectivity index (χ4n) is 3.43. The van der Waals surface area contributed by atoms with Gasteiger partial charge in [-0.25, -0.2) is 0 Å². The van der Waals surface area contributed by atoms with Gasteiger partial charge in [-0.05, 0) is 44.4 Å². The van der Waals surface area contributed by atoms with Crippen molar-refractivity contribution in [3.05, 3.63) is 23.8 Å². The highest BCUT2D eigenvalue weighted by molar-refractivity contribution is 5.61. The Bertz CT molecular complexity index is 437. The summed E-state index contributed by atoms with van der Waals surface area (Å²) in [6.45, 7) is 9.17. The van der Waals surface area contributed by atoms with E-state index >= 15 is 0 Å². The Morgan fingerprint density at radius 1 is 1.25 bits per heavy atom. The molecule has 112 valence electrons. The summed E-state index contributed by atoms with van der Waals surface area (Å²) in [7, 11) is 3.76. The first-order valence-electron chi connectivity index (χ1n) is 7.65. The third-order valence-corrected chi connectivity index (χ3v) is 4.34. The van der Waals surface area contributed by atoms with Gasteiger partial charge in [0.25, 0.3) is 0 Å². The van der Waals surface area contributed by atoms with Gasteiger partial charge >= 0.3 is 0 Å². The second kappa shape index (κ2) is 6.49. The van der Waals surface area contributed by atoms with E-state index in [4.69, 9.17) is 4.74 Å². The van der Waals surface area contributed by atoms with E-state index in [9.17, 15) is 0 Å². The molecule has 1 fully saturated rings. The predicted octanol–water partition coefficient (Wildman–Crippen LogP) is 3.46. The molecular formula is C17H28N2O. The van der Waals surface area contributed by atoms with Crippen LogP contribution in [0.25, 0.3) is 0 Å². The molecule has 3 atom stereocenters. The molecule has 1 heterocycles. The molecule has 1 aromatic rings. The van der Waals surface area contributed by atoms with Crippen molar-refractivity contribution in [2.75, 3.05) is 32.1 Å². The highest BCUT2D eigenvalue weighted by atomic mass is 16.5. The molecule has 0 saturated carbocycles. The van der Waals surface area contributed by atoms with Gasteiger partial charge in [0, 0.05) is 30.4 Å². The molecule has 1 aliphatic rings. The summed E-state index contributed by atoms with van der Waals surface area (Å²) in [5.41, 5.74) is 2.60. The van der Waals surface area contributed by atoms with Crippen LogP contribution in [0.4, 0.5) is 5.69 Å². The first-order valence-corrected chi connectivity index (χ1v) is 7.65. The minimum atomic E-state index is 0.286. The zero-order valence-corrected chi connectivity index (χ0v) is 13.4. The maximum Gasteiger partial charge on any atom is 0.125 e. The molecule has 1 N–H and O–H groups in total. The van der Waals surface area contributed by atoms with Crippen molar-refractivity contribution in [2.45, 2.75) is 33.2 Å². The molecule has 20 heavy (non-hydrogen) atoms. The zero-order chi connectivity index (χ0) is 14.7. The molecule has 0 radical (unpaired) electrons. The van der Waals surface area contributed by atoms with Gasteiger partial charge in [0.2, 0.25) is 0 Å². The molecular weight excluding hydrogens is 248 g/mol. The van der Waals surface area contributed by atoms with Crippen molar-refractivity contribution in [1.29, 1.82) is 0 Å². The summed E-state index contributed by atoms with van der Waals surface area (Å²) in [6, 6.07) is 6.68. The Hall–Kier alpha value is -1.22. The molecule has 3 heteroatoms. The van der Waals surface area contributed by atoms with E-state index in [-0.39, 0.29) is 6.04 Å². The van der Waals surface area contributed by atoms with E-state index in [0.717, 1.165) is 30.7 Å². The standard InChI is InChI=1S/C17H28N2O/c1-12-9-13(2)11-19(10-12)15-7-6-8-16(20-5)17(15)14(3)18-4/h6-8,12-14,18H,9-11H2,1-5H3. The minimum absolute atomic E-state index is 0.286. The highest BCUT2D eigenvalue weighted by Crippen LogP contribution is 2.37. The largest absolute Gasteiger partial charge is 0.496 e. The van der Waals surface area contributed by atoms with E-state index < -0.39 is 0 Å². The maximum atomic E-state index is 5.59. The monoisotopic (exact) mass is 276 g/mol.